The maximum atomic E-state index is 9.66. The molecule has 19 heavy (non-hydrogen) atoms. The van der Waals surface area contributed by atoms with Crippen molar-refractivity contribution in [1.82, 2.24) is 10.2 Å². The second kappa shape index (κ2) is 8.93. The van der Waals surface area contributed by atoms with Gasteiger partial charge in [-0.1, -0.05) is 20.8 Å². The Kier molecular flexibility index (Phi) is 7.96. The number of aliphatic hydroxyl groups excluding tert-OH is 1. The van der Waals surface area contributed by atoms with Crippen molar-refractivity contribution in [3.63, 3.8) is 0 Å². The third-order valence-corrected chi connectivity index (χ3v) is 4.41. The van der Waals surface area contributed by atoms with E-state index in [0.717, 1.165) is 25.3 Å². The smallest absolute Gasteiger partial charge is 0.0613 e. The van der Waals surface area contributed by atoms with E-state index in [2.05, 4.69) is 31.0 Å². The fourth-order valence-electron chi connectivity index (χ4n) is 2.93. The van der Waals surface area contributed by atoms with Crippen LogP contribution in [0.15, 0.2) is 0 Å². The lowest BCUT2D eigenvalue weighted by molar-refractivity contribution is 0.139. The van der Waals surface area contributed by atoms with E-state index in [4.69, 9.17) is 0 Å². The lowest BCUT2D eigenvalue weighted by atomic mass is 9.91. The fourth-order valence-corrected chi connectivity index (χ4v) is 2.93. The summed E-state index contributed by atoms with van der Waals surface area (Å²) >= 11 is 0. The molecule has 0 spiro atoms. The average Bonchev–Trinajstić information content (AvgIpc) is 3.22. The SMILES string of the molecule is CCCN(CCCC(CC)(CO)NCC)CC1CC1. The maximum Gasteiger partial charge on any atom is 0.0613 e. The Bertz CT molecular complexity index is 225. The normalized spacial score (nSPS) is 18.8. The zero-order chi connectivity index (χ0) is 14.1. The van der Waals surface area contributed by atoms with E-state index in [1.807, 2.05) is 0 Å². The van der Waals surface area contributed by atoms with Crippen LogP contribution in [0, 0.1) is 5.92 Å². The molecule has 1 saturated carbocycles. The van der Waals surface area contributed by atoms with Crippen LogP contribution < -0.4 is 5.32 Å². The van der Waals surface area contributed by atoms with Crippen LogP contribution >= 0.6 is 0 Å². The lowest BCUT2D eigenvalue weighted by Crippen LogP contribution is -2.48. The summed E-state index contributed by atoms with van der Waals surface area (Å²) in [4.78, 5) is 2.63. The molecule has 0 bridgehead atoms. The standard InChI is InChI=1S/C16H34N2O/c1-4-11-18(13-15-8-9-15)12-7-10-16(5-2,14-19)17-6-3/h15,17,19H,4-14H2,1-3H3. The molecule has 0 aromatic rings. The third kappa shape index (κ3) is 6.24. The Morgan fingerprint density at radius 2 is 1.95 bits per heavy atom. The summed E-state index contributed by atoms with van der Waals surface area (Å²) in [7, 11) is 0. The largest absolute Gasteiger partial charge is 0.394 e. The Morgan fingerprint density at radius 3 is 2.42 bits per heavy atom. The van der Waals surface area contributed by atoms with E-state index >= 15 is 0 Å². The predicted molar refractivity (Wildman–Crippen MR) is 82.5 cm³/mol. The van der Waals surface area contributed by atoms with Gasteiger partial charge in [0.1, 0.15) is 0 Å². The molecule has 1 rings (SSSR count). The van der Waals surface area contributed by atoms with E-state index in [-0.39, 0.29) is 12.1 Å². The summed E-state index contributed by atoms with van der Waals surface area (Å²) in [6, 6.07) is 0. The second-order valence-electron chi connectivity index (χ2n) is 6.17. The van der Waals surface area contributed by atoms with Crippen LogP contribution in [0.4, 0.5) is 0 Å². The van der Waals surface area contributed by atoms with Crippen molar-refractivity contribution >= 4 is 0 Å². The summed E-state index contributed by atoms with van der Waals surface area (Å²) in [5.41, 5.74) is -0.0494. The molecular formula is C16H34N2O. The van der Waals surface area contributed by atoms with Gasteiger partial charge >= 0.3 is 0 Å². The Hall–Kier alpha value is -0.120. The molecule has 2 N–H and O–H groups in total. The molecule has 114 valence electrons. The molecule has 1 atom stereocenters. The van der Waals surface area contributed by atoms with Crippen LogP contribution in [0.2, 0.25) is 0 Å². The van der Waals surface area contributed by atoms with Crippen LogP contribution in [0.3, 0.4) is 0 Å². The predicted octanol–water partition coefficient (Wildman–Crippen LogP) is 2.64. The second-order valence-corrected chi connectivity index (χ2v) is 6.17. The average molecular weight is 270 g/mol. The van der Waals surface area contributed by atoms with Crippen molar-refractivity contribution < 1.29 is 5.11 Å². The first-order valence-corrected chi connectivity index (χ1v) is 8.28. The van der Waals surface area contributed by atoms with Gasteiger partial charge in [0.15, 0.2) is 0 Å². The molecule has 0 radical (unpaired) electrons. The molecular weight excluding hydrogens is 236 g/mol. The molecule has 1 aliphatic carbocycles. The lowest BCUT2D eigenvalue weighted by Gasteiger charge is -2.33. The first-order chi connectivity index (χ1) is 9.19. The molecule has 3 nitrogen and oxygen atoms in total. The quantitative estimate of drug-likeness (QED) is 0.572. The van der Waals surface area contributed by atoms with Crippen molar-refractivity contribution in [3.05, 3.63) is 0 Å². The Labute approximate surface area is 119 Å². The minimum Gasteiger partial charge on any atom is -0.394 e. The summed E-state index contributed by atoms with van der Waals surface area (Å²) < 4.78 is 0. The first kappa shape index (κ1) is 16.9. The highest BCUT2D eigenvalue weighted by molar-refractivity contribution is 4.86. The van der Waals surface area contributed by atoms with Gasteiger partial charge in [-0.3, -0.25) is 0 Å². The molecule has 0 amide bonds. The van der Waals surface area contributed by atoms with Gasteiger partial charge in [0.2, 0.25) is 0 Å². The molecule has 1 aliphatic rings. The van der Waals surface area contributed by atoms with Gasteiger partial charge in [-0.15, -0.1) is 0 Å². The van der Waals surface area contributed by atoms with Crippen molar-refractivity contribution in [2.45, 2.75) is 64.8 Å². The highest BCUT2D eigenvalue weighted by Crippen LogP contribution is 2.30. The van der Waals surface area contributed by atoms with Gasteiger partial charge in [0.05, 0.1) is 6.61 Å². The minimum absolute atomic E-state index is 0.0494. The Morgan fingerprint density at radius 1 is 1.21 bits per heavy atom. The molecule has 3 heteroatoms. The number of likely N-dealkylation sites (N-methyl/N-ethyl adjacent to an activating group) is 1. The van der Waals surface area contributed by atoms with Gasteiger partial charge in [-0.25, -0.2) is 0 Å². The van der Waals surface area contributed by atoms with Crippen molar-refractivity contribution in [2.75, 3.05) is 32.8 Å². The van der Waals surface area contributed by atoms with Crippen LogP contribution in [-0.4, -0.2) is 48.3 Å². The molecule has 1 fully saturated rings. The highest BCUT2D eigenvalue weighted by Gasteiger charge is 2.27. The van der Waals surface area contributed by atoms with E-state index in [9.17, 15) is 5.11 Å². The molecule has 0 aromatic heterocycles. The van der Waals surface area contributed by atoms with Crippen LogP contribution in [0.25, 0.3) is 0 Å². The van der Waals surface area contributed by atoms with E-state index < -0.39 is 0 Å². The van der Waals surface area contributed by atoms with Gasteiger partial charge in [0.25, 0.3) is 0 Å². The summed E-state index contributed by atoms with van der Waals surface area (Å²) in [5, 5.41) is 13.1. The summed E-state index contributed by atoms with van der Waals surface area (Å²) in [6.45, 7) is 11.5. The molecule has 0 heterocycles. The monoisotopic (exact) mass is 270 g/mol. The summed E-state index contributed by atoms with van der Waals surface area (Å²) in [5.74, 6) is 0.981. The first-order valence-electron chi connectivity index (χ1n) is 8.28. The van der Waals surface area contributed by atoms with Crippen molar-refractivity contribution in [2.24, 2.45) is 5.92 Å². The molecule has 1 unspecified atom stereocenters. The maximum absolute atomic E-state index is 9.66. The van der Waals surface area contributed by atoms with Gasteiger partial charge < -0.3 is 15.3 Å². The topological polar surface area (TPSA) is 35.5 Å². The number of aliphatic hydroxyl groups is 1. The Balaban J connectivity index is 2.30. The zero-order valence-corrected chi connectivity index (χ0v) is 13.2. The third-order valence-electron chi connectivity index (χ3n) is 4.41. The van der Waals surface area contributed by atoms with E-state index in [1.54, 1.807) is 0 Å². The fraction of sp³-hybridized carbons (Fsp3) is 1.00. The molecule has 0 aliphatic heterocycles. The van der Waals surface area contributed by atoms with Crippen molar-refractivity contribution in [3.8, 4) is 0 Å². The van der Waals surface area contributed by atoms with E-state index in [0.29, 0.717) is 0 Å². The number of hydrogen-bond donors (Lipinski definition) is 2. The minimum atomic E-state index is -0.0494. The zero-order valence-electron chi connectivity index (χ0n) is 13.2. The van der Waals surface area contributed by atoms with Gasteiger partial charge in [-0.2, -0.15) is 0 Å². The van der Waals surface area contributed by atoms with Crippen LogP contribution in [-0.2, 0) is 0 Å². The van der Waals surface area contributed by atoms with Gasteiger partial charge in [-0.05, 0) is 64.1 Å². The van der Waals surface area contributed by atoms with E-state index in [1.165, 1.54) is 45.3 Å². The molecule has 0 aromatic carbocycles. The number of rotatable bonds is 12. The van der Waals surface area contributed by atoms with Crippen LogP contribution in [0.1, 0.15) is 59.3 Å². The summed E-state index contributed by atoms with van der Waals surface area (Å²) in [6.07, 6.45) is 7.40. The number of nitrogens with zero attached hydrogens (tertiary/aromatic N) is 1. The van der Waals surface area contributed by atoms with Crippen LogP contribution in [0.5, 0.6) is 0 Å². The highest BCUT2D eigenvalue weighted by atomic mass is 16.3. The van der Waals surface area contributed by atoms with Gasteiger partial charge in [0, 0.05) is 12.1 Å². The number of nitrogens with one attached hydrogen (secondary N) is 1. The van der Waals surface area contributed by atoms with Crippen molar-refractivity contribution in [1.29, 1.82) is 0 Å². The molecule has 0 saturated heterocycles. The number of hydrogen-bond acceptors (Lipinski definition) is 3.